The molecule has 0 aliphatic carbocycles. The fourth-order valence-corrected chi connectivity index (χ4v) is 3.62. The molecule has 0 saturated carbocycles. The number of morpholine rings is 1. The second-order valence-corrected chi connectivity index (χ2v) is 8.30. The highest BCUT2D eigenvalue weighted by molar-refractivity contribution is 14.0. The molecule has 2 atom stereocenters. The summed E-state index contributed by atoms with van der Waals surface area (Å²) in [4.78, 5) is 9.85. The van der Waals surface area contributed by atoms with Crippen molar-refractivity contribution < 1.29 is 9.47 Å². The third-order valence-electron chi connectivity index (χ3n) is 5.20. The van der Waals surface area contributed by atoms with Crippen LogP contribution in [0.4, 0.5) is 0 Å². The molecule has 2 heterocycles. The molecular formula is C19H39IN4O2. The average Bonchev–Trinajstić information content (AvgIpc) is 3.02. The lowest BCUT2D eigenvalue weighted by Gasteiger charge is -2.30. The van der Waals surface area contributed by atoms with Gasteiger partial charge in [0, 0.05) is 46.4 Å². The zero-order valence-electron chi connectivity index (χ0n) is 17.3. The molecule has 2 rings (SSSR count). The summed E-state index contributed by atoms with van der Waals surface area (Å²) in [6, 6.07) is 0. The summed E-state index contributed by atoms with van der Waals surface area (Å²) in [5.74, 6) is 1.76. The molecule has 2 fully saturated rings. The Morgan fingerprint density at radius 3 is 2.54 bits per heavy atom. The summed E-state index contributed by atoms with van der Waals surface area (Å²) in [5.41, 5.74) is 0.0967. The fourth-order valence-electron chi connectivity index (χ4n) is 3.62. The number of hydrogen-bond donors (Lipinski definition) is 1. The van der Waals surface area contributed by atoms with Gasteiger partial charge in [-0.1, -0.05) is 20.8 Å². The van der Waals surface area contributed by atoms with Gasteiger partial charge in [0.1, 0.15) is 0 Å². The van der Waals surface area contributed by atoms with Crippen LogP contribution in [-0.4, -0.2) is 88.0 Å². The van der Waals surface area contributed by atoms with Gasteiger partial charge in [0.25, 0.3) is 0 Å². The van der Waals surface area contributed by atoms with Crippen LogP contribution >= 0.6 is 24.0 Å². The Hall–Kier alpha value is -0.120. The monoisotopic (exact) mass is 482 g/mol. The predicted octanol–water partition coefficient (Wildman–Crippen LogP) is 2.29. The van der Waals surface area contributed by atoms with Crippen LogP contribution in [-0.2, 0) is 9.47 Å². The number of nitrogens with zero attached hydrogens (tertiary/aromatic N) is 3. The molecule has 2 saturated heterocycles. The molecule has 26 heavy (non-hydrogen) atoms. The fraction of sp³-hybridized carbons (Fsp3) is 0.947. The van der Waals surface area contributed by atoms with Gasteiger partial charge in [0.15, 0.2) is 5.96 Å². The summed E-state index contributed by atoms with van der Waals surface area (Å²) >= 11 is 0. The maximum Gasteiger partial charge on any atom is 0.194 e. The van der Waals surface area contributed by atoms with Gasteiger partial charge in [-0.15, -0.1) is 24.0 Å². The molecule has 2 aliphatic rings. The van der Waals surface area contributed by atoms with Crippen LogP contribution in [0.5, 0.6) is 0 Å². The van der Waals surface area contributed by atoms with Crippen molar-refractivity contribution in [2.75, 3.05) is 66.1 Å². The molecule has 1 N–H and O–H groups in total. The van der Waals surface area contributed by atoms with Crippen LogP contribution in [0.3, 0.4) is 0 Å². The topological polar surface area (TPSA) is 49.3 Å². The number of nitrogens with one attached hydrogen (secondary N) is 1. The van der Waals surface area contributed by atoms with Crippen LogP contribution in [0.1, 0.15) is 34.1 Å². The smallest absolute Gasteiger partial charge is 0.194 e. The standard InChI is InChI=1S/C19H38N4O2.HI/c1-6-20-18(21-13-17(24-5)19(2,3)4)23-8-7-16(15-23)14-22-9-11-25-12-10-22;/h16-17H,6-15H2,1-5H3,(H,20,21);1H. The van der Waals surface area contributed by atoms with Crippen LogP contribution in [0.2, 0.25) is 0 Å². The van der Waals surface area contributed by atoms with Crippen molar-refractivity contribution in [2.45, 2.75) is 40.2 Å². The Balaban J connectivity index is 0.00000338. The highest BCUT2D eigenvalue weighted by Gasteiger charge is 2.28. The highest BCUT2D eigenvalue weighted by atomic mass is 127. The number of rotatable bonds is 6. The van der Waals surface area contributed by atoms with E-state index in [1.807, 2.05) is 0 Å². The lowest BCUT2D eigenvalue weighted by molar-refractivity contribution is 0.0239. The maximum atomic E-state index is 5.66. The molecule has 0 aromatic heterocycles. The first-order valence-corrected chi connectivity index (χ1v) is 9.80. The molecule has 0 aromatic rings. The third-order valence-corrected chi connectivity index (χ3v) is 5.20. The van der Waals surface area contributed by atoms with Crippen LogP contribution in [0.25, 0.3) is 0 Å². The van der Waals surface area contributed by atoms with Crippen LogP contribution in [0.15, 0.2) is 4.99 Å². The summed E-state index contributed by atoms with van der Waals surface area (Å²) in [6.07, 6.45) is 1.38. The molecule has 6 nitrogen and oxygen atoms in total. The van der Waals surface area contributed by atoms with E-state index < -0.39 is 0 Å². The molecule has 2 unspecified atom stereocenters. The number of hydrogen-bond acceptors (Lipinski definition) is 4. The van der Waals surface area contributed by atoms with E-state index in [0.717, 1.165) is 57.8 Å². The number of halogens is 1. The van der Waals surface area contributed by atoms with E-state index in [9.17, 15) is 0 Å². The van der Waals surface area contributed by atoms with Crippen LogP contribution < -0.4 is 5.32 Å². The molecule has 7 heteroatoms. The molecule has 0 spiro atoms. The molecule has 154 valence electrons. The Bertz CT molecular complexity index is 422. The number of aliphatic imine (C=N–C) groups is 1. The Kier molecular flexibility index (Phi) is 10.7. The normalized spacial score (nSPS) is 23.7. The molecule has 0 bridgehead atoms. The van der Waals surface area contributed by atoms with Gasteiger partial charge in [-0.3, -0.25) is 9.89 Å². The summed E-state index contributed by atoms with van der Waals surface area (Å²) < 4.78 is 11.1. The van der Waals surface area contributed by atoms with E-state index >= 15 is 0 Å². The minimum Gasteiger partial charge on any atom is -0.379 e. The Morgan fingerprint density at radius 1 is 1.27 bits per heavy atom. The molecule has 2 aliphatic heterocycles. The first-order chi connectivity index (χ1) is 11.9. The lowest BCUT2D eigenvalue weighted by Crippen LogP contribution is -2.43. The zero-order chi connectivity index (χ0) is 18.3. The Labute approximate surface area is 177 Å². The van der Waals surface area contributed by atoms with E-state index in [4.69, 9.17) is 14.5 Å². The molecule has 0 radical (unpaired) electrons. The molecule has 0 aromatic carbocycles. The van der Waals surface area contributed by atoms with Gasteiger partial charge >= 0.3 is 0 Å². The van der Waals surface area contributed by atoms with Crippen LogP contribution in [0, 0.1) is 11.3 Å². The zero-order valence-corrected chi connectivity index (χ0v) is 19.6. The largest absolute Gasteiger partial charge is 0.379 e. The first-order valence-electron chi connectivity index (χ1n) is 9.80. The van der Waals surface area contributed by atoms with Crippen molar-refractivity contribution in [3.63, 3.8) is 0 Å². The molecular weight excluding hydrogens is 443 g/mol. The van der Waals surface area contributed by atoms with Crippen molar-refractivity contribution >= 4 is 29.9 Å². The van der Waals surface area contributed by atoms with E-state index in [1.165, 1.54) is 13.0 Å². The number of methoxy groups -OCH3 is 1. The summed E-state index contributed by atoms with van der Waals surface area (Å²) in [5, 5.41) is 3.47. The van der Waals surface area contributed by atoms with Gasteiger partial charge in [-0.2, -0.15) is 0 Å². The summed E-state index contributed by atoms with van der Waals surface area (Å²) in [7, 11) is 1.78. The van der Waals surface area contributed by atoms with Gasteiger partial charge in [0.05, 0.1) is 25.9 Å². The second kappa shape index (κ2) is 11.7. The minimum atomic E-state index is 0. The molecule has 0 amide bonds. The quantitative estimate of drug-likeness (QED) is 0.358. The van der Waals surface area contributed by atoms with E-state index in [1.54, 1.807) is 7.11 Å². The maximum absolute atomic E-state index is 5.66. The van der Waals surface area contributed by atoms with Gasteiger partial charge < -0.3 is 19.7 Å². The average molecular weight is 482 g/mol. The predicted molar refractivity (Wildman–Crippen MR) is 119 cm³/mol. The highest BCUT2D eigenvalue weighted by Crippen LogP contribution is 2.22. The number of guanidine groups is 1. The number of likely N-dealkylation sites (tertiary alicyclic amines) is 1. The number of ether oxygens (including phenoxy) is 2. The Morgan fingerprint density at radius 2 is 1.96 bits per heavy atom. The first kappa shape index (κ1) is 23.9. The van der Waals surface area contributed by atoms with Crippen molar-refractivity contribution in [2.24, 2.45) is 16.3 Å². The second-order valence-electron chi connectivity index (χ2n) is 8.30. The van der Waals surface area contributed by atoms with Crippen molar-refractivity contribution in [1.82, 2.24) is 15.1 Å². The SMILES string of the molecule is CCNC(=NCC(OC)C(C)(C)C)N1CCC(CN2CCOCC2)C1.I. The lowest BCUT2D eigenvalue weighted by atomic mass is 9.89. The van der Waals surface area contributed by atoms with Crippen molar-refractivity contribution in [1.29, 1.82) is 0 Å². The third kappa shape index (κ3) is 7.48. The van der Waals surface area contributed by atoms with Gasteiger partial charge in [-0.25, -0.2) is 0 Å². The van der Waals surface area contributed by atoms with E-state index in [-0.39, 0.29) is 35.5 Å². The van der Waals surface area contributed by atoms with E-state index in [0.29, 0.717) is 6.54 Å². The van der Waals surface area contributed by atoms with Crippen molar-refractivity contribution in [3.05, 3.63) is 0 Å². The van der Waals surface area contributed by atoms with E-state index in [2.05, 4.69) is 42.8 Å². The summed E-state index contributed by atoms with van der Waals surface area (Å²) in [6.45, 7) is 17.6. The van der Waals surface area contributed by atoms with Crippen molar-refractivity contribution in [3.8, 4) is 0 Å². The minimum absolute atomic E-state index is 0. The van der Waals surface area contributed by atoms with Gasteiger partial charge in [0.2, 0.25) is 0 Å². The van der Waals surface area contributed by atoms with Gasteiger partial charge in [-0.05, 0) is 24.7 Å².